The summed E-state index contributed by atoms with van der Waals surface area (Å²) in [4.78, 5) is 40.3. The van der Waals surface area contributed by atoms with E-state index < -0.39 is 17.5 Å². The van der Waals surface area contributed by atoms with Crippen LogP contribution in [-0.4, -0.2) is 27.2 Å². The molecule has 1 saturated heterocycles. The van der Waals surface area contributed by atoms with Crippen LogP contribution in [0, 0.1) is 6.92 Å². The molecule has 3 aromatic rings. The summed E-state index contributed by atoms with van der Waals surface area (Å²) in [5.41, 5.74) is 2.58. The molecule has 1 aliphatic rings. The van der Waals surface area contributed by atoms with E-state index in [9.17, 15) is 14.4 Å². The van der Waals surface area contributed by atoms with Crippen molar-refractivity contribution >= 4 is 23.5 Å². The van der Waals surface area contributed by atoms with E-state index in [0.29, 0.717) is 17.7 Å². The lowest BCUT2D eigenvalue weighted by atomic mass is 9.91. The highest BCUT2D eigenvalue weighted by Gasteiger charge is 2.43. The van der Waals surface area contributed by atoms with Gasteiger partial charge in [-0.3, -0.25) is 14.9 Å². The smallest absolute Gasteiger partial charge is 0.322 e. The lowest BCUT2D eigenvalue weighted by Gasteiger charge is -2.21. The summed E-state index contributed by atoms with van der Waals surface area (Å²) in [5.74, 6) is -0.665. The molecule has 0 saturated carbocycles. The number of hydrogen-bond donors (Lipinski definition) is 3. The molecule has 4 rings (SSSR count). The Labute approximate surface area is 161 Å². The third-order valence-electron chi connectivity index (χ3n) is 4.95. The van der Waals surface area contributed by atoms with Gasteiger partial charge in [-0.05, 0) is 43.7 Å². The standard InChI is InChI=1S/C20H19N5O3/c1-12-4-3-5-16-22-15(11-25(12)16)10-21-17(26)13-6-8-14(9-7-13)20(2)18(27)23-19(28)24-20/h3-9,11H,10H2,1-2H3,(H,21,26)(H2,23,24,27,28)/t20-/m0/s1. The number of aryl methyl sites for hydroxylation is 1. The molecule has 1 atom stereocenters. The van der Waals surface area contributed by atoms with E-state index in [2.05, 4.69) is 20.9 Å². The van der Waals surface area contributed by atoms with Crippen molar-refractivity contribution in [3.05, 3.63) is 71.2 Å². The molecule has 0 radical (unpaired) electrons. The Morgan fingerprint density at radius 2 is 1.93 bits per heavy atom. The molecule has 0 unspecified atom stereocenters. The molecular formula is C20H19N5O3. The fraction of sp³-hybridized carbons (Fsp3) is 0.200. The minimum Gasteiger partial charge on any atom is -0.346 e. The van der Waals surface area contributed by atoms with Gasteiger partial charge in [-0.1, -0.05) is 18.2 Å². The summed E-state index contributed by atoms with van der Waals surface area (Å²) < 4.78 is 1.97. The summed E-state index contributed by atoms with van der Waals surface area (Å²) in [6, 6.07) is 11.9. The highest BCUT2D eigenvalue weighted by Crippen LogP contribution is 2.24. The summed E-state index contributed by atoms with van der Waals surface area (Å²) in [5, 5.41) is 7.66. The first-order valence-electron chi connectivity index (χ1n) is 8.83. The largest absolute Gasteiger partial charge is 0.346 e. The topological polar surface area (TPSA) is 105 Å². The van der Waals surface area contributed by atoms with Crippen molar-refractivity contribution < 1.29 is 14.4 Å². The van der Waals surface area contributed by atoms with Crippen LogP contribution >= 0.6 is 0 Å². The Kier molecular flexibility index (Phi) is 4.11. The molecule has 0 aliphatic carbocycles. The van der Waals surface area contributed by atoms with Crippen LogP contribution in [0.3, 0.4) is 0 Å². The van der Waals surface area contributed by atoms with Gasteiger partial charge in [0.1, 0.15) is 11.2 Å². The minimum absolute atomic E-state index is 0.245. The van der Waals surface area contributed by atoms with Crippen LogP contribution < -0.4 is 16.0 Å². The molecule has 142 valence electrons. The zero-order chi connectivity index (χ0) is 19.9. The maximum Gasteiger partial charge on any atom is 0.322 e. The fourth-order valence-electron chi connectivity index (χ4n) is 3.26. The molecule has 3 N–H and O–H groups in total. The van der Waals surface area contributed by atoms with Crippen molar-refractivity contribution in [2.75, 3.05) is 0 Å². The zero-order valence-electron chi connectivity index (χ0n) is 15.4. The predicted octanol–water partition coefficient (Wildman–Crippen LogP) is 1.63. The van der Waals surface area contributed by atoms with Gasteiger partial charge in [0.25, 0.3) is 11.8 Å². The monoisotopic (exact) mass is 377 g/mol. The highest BCUT2D eigenvalue weighted by molar-refractivity contribution is 6.07. The molecule has 28 heavy (non-hydrogen) atoms. The lowest BCUT2D eigenvalue weighted by molar-refractivity contribution is -0.123. The third-order valence-corrected chi connectivity index (χ3v) is 4.95. The fourth-order valence-corrected chi connectivity index (χ4v) is 3.26. The van der Waals surface area contributed by atoms with Gasteiger partial charge in [0.05, 0.1) is 12.2 Å². The number of carbonyl (C=O) groups excluding carboxylic acids is 3. The van der Waals surface area contributed by atoms with Crippen molar-refractivity contribution in [1.29, 1.82) is 0 Å². The molecule has 4 amide bonds. The molecular weight excluding hydrogens is 358 g/mol. The Balaban J connectivity index is 1.45. The number of pyridine rings is 1. The van der Waals surface area contributed by atoms with Crippen LogP contribution in [0.25, 0.3) is 5.65 Å². The lowest BCUT2D eigenvalue weighted by Crippen LogP contribution is -2.40. The zero-order valence-corrected chi connectivity index (χ0v) is 15.4. The quantitative estimate of drug-likeness (QED) is 0.601. The molecule has 2 aromatic heterocycles. The van der Waals surface area contributed by atoms with E-state index in [1.165, 1.54) is 0 Å². The molecule has 0 spiro atoms. The number of nitrogens with one attached hydrogen (secondary N) is 3. The van der Waals surface area contributed by atoms with E-state index >= 15 is 0 Å². The van der Waals surface area contributed by atoms with Crippen LogP contribution in [0.1, 0.15) is 34.2 Å². The Morgan fingerprint density at radius 3 is 2.57 bits per heavy atom. The van der Waals surface area contributed by atoms with Crippen LogP contribution in [0.15, 0.2) is 48.7 Å². The van der Waals surface area contributed by atoms with E-state index in [1.54, 1.807) is 31.2 Å². The van der Waals surface area contributed by atoms with E-state index in [-0.39, 0.29) is 5.91 Å². The molecule has 1 aromatic carbocycles. The number of urea groups is 1. The second kappa shape index (κ2) is 6.49. The number of hydrogen-bond acceptors (Lipinski definition) is 4. The van der Waals surface area contributed by atoms with Crippen LogP contribution in [0.5, 0.6) is 0 Å². The van der Waals surface area contributed by atoms with E-state index in [4.69, 9.17) is 0 Å². The second-order valence-electron chi connectivity index (χ2n) is 6.92. The van der Waals surface area contributed by atoms with Gasteiger partial charge in [-0.15, -0.1) is 0 Å². The van der Waals surface area contributed by atoms with Crippen LogP contribution in [0.2, 0.25) is 0 Å². The first kappa shape index (κ1) is 17.7. The summed E-state index contributed by atoms with van der Waals surface area (Å²) in [6.45, 7) is 3.91. The van der Waals surface area contributed by atoms with Crippen LogP contribution in [0.4, 0.5) is 4.79 Å². The molecule has 1 fully saturated rings. The third kappa shape index (κ3) is 2.98. The number of fused-ring (bicyclic) bond motifs is 1. The molecule has 1 aliphatic heterocycles. The number of imide groups is 1. The first-order chi connectivity index (χ1) is 13.4. The van der Waals surface area contributed by atoms with Crippen molar-refractivity contribution in [3.8, 4) is 0 Å². The average molecular weight is 377 g/mol. The average Bonchev–Trinajstić information content (AvgIpc) is 3.21. The Morgan fingerprint density at radius 1 is 1.18 bits per heavy atom. The normalized spacial score (nSPS) is 18.8. The number of nitrogens with zero attached hydrogens (tertiary/aromatic N) is 2. The van der Waals surface area contributed by atoms with Gasteiger partial charge >= 0.3 is 6.03 Å². The van der Waals surface area contributed by atoms with Crippen molar-refractivity contribution in [2.24, 2.45) is 0 Å². The SMILES string of the molecule is Cc1cccc2nc(CNC(=O)c3ccc([C@]4(C)NC(=O)NC4=O)cc3)cn12. The Bertz CT molecular complexity index is 1100. The van der Waals surface area contributed by atoms with Crippen molar-refractivity contribution in [2.45, 2.75) is 25.9 Å². The number of carbonyl (C=O) groups is 3. The molecule has 8 heteroatoms. The minimum atomic E-state index is -1.14. The second-order valence-corrected chi connectivity index (χ2v) is 6.92. The maximum absolute atomic E-state index is 12.4. The van der Waals surface area contributed by atoms with Crippen molar-refractivity contribution in [3.63, 3.8) is 0 Å². The molecule has 8 nitrogen and oxygen atoms in total. The van der Waals surface area contributed by atoms with Gasteiger partial charge in [-0.25, -0.2) is 9.78 Å². The van der Waals surface area contributed by atoms with Gasteiger partial charge in [0.2, 0.25) is 0 Å². The van der Waals surface area contributed by atoms with Gasteiger partial charge < -0.3 is 15.0 Å². The molecule has 0 bridgehead atoms. The first-order valence-corrected chi connectivity index (χ1v) is 8.83. The Hall–Kier alpha value is -3.68. The summed E-state index contributed by atoms with van der Waals surface area (Å²) in [6.07, 6.45) is 1.90. The highest BCUT2D eigenvalue weighted by atomic mass is 16.2. The van der Waals surface area contributed by atoms with E-state index in [1.807, 2.05) is 35.7 Å². The van der Waals surface area contributed by atoms with Gasteiger partial charge in [-0.2, -0.15) is 0 Å². The summed E-state index contributed by atoms with van der Waals surface area (Å²) in [7, 11) is 0. The number of amides is 4. The number of imidazole rings is 1. The van der Waals surface area contributed by atoms with Crippen LogP contribution in [-0.2, 0) is 16.9 Å². The predicted molar refractivity (Wildman–Crippen MR) is 102 cm³/mol. The maximum atomic E-state index is 12.4. The van der Waals surface area contributed by atoms with Crippen molar-refractivity contribution in [1.82, 2.24) is 25.3 Å². The van der Waals surface area contributed by atoms with Gasteiger partial charge in [0.15, 0.2) is 0 Å². The van der Waals surface area contributed by atoms with E-state index in [0.717, 1.165) is 17.0 Å². The summed E-state index contributed by atoms with van der Waals surface area (Å²) >= 11 is 0. The molecule has 3 heterocycles. The number of rotatable bonds is 4. The van der Waals surface area contributed by atoms with Gasteiger partial charge in [0, 0.05) is 17.5 Å². The number of benzene rings is 1. The number of aromatic nitrogens is 2.